The van der Waals surface area contributed by atoms with Crippen LogP contribution in [0.3, 0.4) is 0 Å². The molecule has 3 N–H and O–H groups in total. The second-order valence-corrected chi connectivity index (χ2v) is 29.4. The van der Waals surface area contributed by atoms with Crippen LogP contribution in [0.25, 0.3) is 0 Å². The maximum atomic E-state index is 11.0. The summed E-state index contributed by atoms with van der Waals surface area (Å²) >= 11 is 5.30. The fourth-order valence-corrected chi connectivity index (χ4v) is 4.65. The maximum absolute atomic E-state index is 11.0. The van der Waals surface area contributed by atoms with Crippen LogP contribution in [-0.4, -0.2) is 125 Å². The zero-order valence-corrected chi connectivity index (χ0v) is 66.2. The number of hydrogen-bond acceptors (Lipinski definition) is 8. The third kappa shape index (κ3) is 77.6. The predicted molar refractivity (Wildman–Crippen MR) is 285 cm³/mol. The number of nitrogens with one attached hydrogen (secondary N) is 3. The number of carbonyl (C=O) groups is 5. The van der Waals surface area contributed by atoms with E-state index in [4.69, 9.17) is 0 Å². The average Bonchev–Trinajstić information content (AvgIpc) is 3.12. The van der Waals surface area contributed by atoms with Crippen LogP contribution in [0.2, 0.25) is 0 Å². The SMILES string of the molecule is CC(C)=O.I.I[I-]I.[CH2-]CN(C(C)=O)C([CH2-])CC.[CH2-]CN(C(C)=O)C([CH2-])CC.[CH2-]CN(C(C)=O)C([CH2-])CCCC.[CH2-]CN(C(C)=O)C([CH2-])CNP.[CH2-]CNC([CH2-])CNP.[Y].[Y].[Y].[Y].[Y]. The van der Waals surface area contributed by atoms with Gasteiger partial charge in [0.2, 0.25) is 23.6 Å². The molecule has 4 amide bonds. The van der Waals surface area contributed by atoms with Gasteiger partial charge in [-0.15, -0.1) is 62.7 Å². The van der Waals surface area contributed by atoms with E-state index in [9.17, 15) is 24.0 Å². The van der Waals surface area contributed by atoms with Crippen LogP contribution in [0.1, 0.15) is 94.4 Å². The smallest absolute Gasteiger partial charge is 0.214 e. The zero-order chi connectivity index (χ0) is 47.4. The number of ketones is 1. The van der Waals surface area contributed by atoms with Crippen molar-refractivity contribution in [3.05, 3.63) is 69.2 Å². The van der Waals surface area contributed by atoms with Crippen molar-refractivity contribution >= 4 is 109 Å². The summed E-state index contributed by atoms with van der Waals surface area (Å²) in [6, 6.07) is 0.484. The molecule has 7 atom stereocenters. The molecule has 7 unspecified atom stereocenters. The van der Waals surface area contributed by atoms with Crippen LogP contribution < -0.4 is 28.7 Å². The summed E-state index contributed by atoms with van der Waals surface area (Å²) < 4.78 is 0. The van der Waals surface area contributed by atoms with Gasteiger partial charge < -0.3 is 109 Å². The first kappa shape index (κ1) is 103. The van der Waals surface area contributed by atoms with Gasteiger partial charge in [-0.25, -0.2) is 0 Å². The molecule has 0 bridgehead atoms. The molecule has 12 nitrogen and oxygen atoms in total. The molecule has 0 saturated heterocycles. The second kappa shape index (κ2) is 78.6. The molecule has 0 heterocycles. The van der Waals surface area contributed by atoms with E-state index in [2.05, 4.69) is 148 Å². The van der Waals surface area contributed by atoms with Gasteiger partial charge in [0.1, 0.15) is 5.78 Å². The molecular formula is C41H84I4N7O5P2Y5-11. The third-order valence-electron chi connectivity index (χ3n) is 7.33. The van der Waals surface area contributed by atoms with E-state index >= 15 is 0 Å². The summed E-state index contributed by atoms with van der Waals surface area (Å²) in [5, 5.41) is 8.83. The van der Waals surface area contributed by atoms with E-state index in [1.165, 1.54) is 20.8 Å². The Bertz CT molecular complexity index is 957. The summed E-state index contributed by atoms with van der Waals surface area (Å²) in [5.41, 5.74) is 0. The summed E-state index contributed by atoms with van der Waals surface area (Å²) in [5.74, 6) is 0.357. The number of amides is 4. The Morgan fingerprint density at radius 1 is 0.547 bits per heavy atom. The number of carbonyl (C=O) groups excluding carboxylic acids is 5. The van der Waals surface area contributed by atoms with Crippen molar-refractivity contribution in [2.75, 3.05) is 45.8 Å². The van der Waals surface area contributed by atoms with E-state index in [1.807, 2.05) is 13.8 Å². The second-order valence-electron chi connectivity index (χ2n) is 12.4. The number of unbranched alkanes of at least 4 members (excludes halogenated alkanes) is 1. The Morgan fingerprint density at radius 2 is 0.797 bits per heavy atom. The van der Waals surface area contributed by atoms with Crippen molar-refractivity contribution in [1.29, 1.82) is 0 Å². The molecule has 5 radical (unpaired) electrons. The molecule has 0 aliphatic rings. The number of rotatable bonds is 19. The van der Waals surface area contributed by atoms with E-state index < -0.39 is 0 Å². The number of hydrogen-bond donors (Lipinski definition) is 3. The Hall–Kier alpha value is 6.73. The largest absolute Gasteiger partial charge is 0.400 e. The molecule has 23 heteroatoms. The molecule has 0 aromatic rings. The van der Waals surface area contributed by atoms with E-state index in [1.54, 1.807) is 40.4 Å². The fraction of sp³-hybridized carbons (Fsp3) is 0.634. The minimum absolute atomic E-state index is 0. The molecule has 64 heavy (non-hydrogen) atoms. The number of Topliss-reactive ketones (excluding diaryl/α,β-unsaturated/α-hetero) is 1. The van der Waals surface area contributed by atoms with Crippen LogP contribution >= 0.6 is 80.0 Å². The van der Waals surface area contributed by atoms with Crippen LogP contribution in [0.5, 0.6) is 0 Å². The molecule has 0 aliphatic heterocycles. The molecule has 0 aliphatic carbocycles. The predicted octanol–water partition coefficient (Wildman–Crippen LogP) is 4.85. The summed E-state index contributed by atoms with van der Waals surface area (Å²) in [4.78, 5) is 59.6. The molecule has 0 saturated carbocycles. The van der Waals surface area contributed by atoms with E-state index in [0.29, 0.717) is 46.0 Å². The van der Waals surface area contributed by atoms with Gasteiger partial charge in [-0.1, -0.05) is 95.8 Å². The minimum Gasteiger partial charge on any atom is -0.400 e. The van der Waals surface area contributed by atoms with Crippen LogP contribution in [0.15, 0.2) is 0 Å². The van der Waals surface area contributed by atoms with Crippen LogP contribution in [0.4, 0.5) is 0 Å². The molecule has 0 aromatic carbocycles. The standard InChI is InChI=1S/C10H19NO.2C8H15NO.C7H15N2OP.C5H13N2P.C3H6O.I3.HI.5Y/c1-5-7-8-9(3)11(6-2)10(4)12;2*1-5-7(3)9(6-2)8(4)10;1-4-9(7(3)10)6(2)5-8-11;1-3-6-5(2)4-7-8;1-3(2)4;1-3-2;;;;;;/h9H,2-3,5-8H2,1,4H3;2*7H,2-3,5-6H2,1,4H3;6,8H,1-2,4-5,11H2,3H3;5-7H,1-4,8H2;1-2H3;;1H;;;;;/q5*-2;;-1;;;;;;. The van der Waals surface area contributed by atoms with Crippen molar-refractivity contribution < 1.29 is 201 Å². The van der Waals surface area contributed by atoms with Gasteiger partial charge in [0.05, 0.1) is 0 Å². The quantitative estimate of drug-likeness (QED) is 0.0952. The Labute approximate surface area is 574 Å². The van der Waals surface area contributed by atoms with Gasteiger partial charge in [0.15, 0.2) is 0 Å². The maximum Gasteiger partial charge on any atom is 0.214 e. The van der Waals surface area contributed by atoms with Gasteiger partial charge >= 0.3 is 50.5 Å². The number of nitrogens with zero attached hydrogens (tertiary/aromatic N) is 4. The topological polar surface area (TPSA) is 134 Å². The van der Waals surface area contributed by atoms with Gasteiger partial charge in [-0.05, 0) is 26.9 Å². The van der Waals surface area contributed by atoms with Crippen molar-refractivity contribution in [2.24, 2.45) is 0 Å². The molecule has 0 fully saturated rings. The average molecular weight is 1770 g/mol. The normalized spacial score (nSPS) is 11.0. The van der Waals surface area contributed by atoms with Crippen molar-refractivity contribution in [1.82, 2.24) is 35.1 Å². The first-order valence-electron chi connectivity index (χ1n) is 19.1. The number of halogens is 4. The summed E-state index contributed by atoms with van der Waals surface area (Å²) in [6.45, 7) is 57.0. The molecule has 0 rings (SSSR count). The Kier molecular flexibility index (Phi) is 127. The van der Waals surface area contributed by atoms with E-state index in [0.717, 1.165) is 45.2 Å². The molecule has 377 valence electrons. The fourth-order valence-electron chi connectivity index (χ4n) is 4.09. The Morgan fingerprint density at radius 3 is 0.969 bits per heavy atom. The van der Waals surface area contributed by atoms with Gasteiger partial charge in [0.25, 0.3) is 0 Å². The zero-order valence-electron chi connectivity index (χ0n) is 40.9. The van der Waals surface area contributed by atoms with Crippen molar-refractivity contribution in [3.63, 3.8) is 0 Å². The first-order chi connectivity index (χ1) is 27.0. The summed E-state index contributed by atoms with van der Waals surface area (Å²) in [7, 11) is 4.80. The van der Waals surface area contributed by atoms with Gasteiger partial charge in [-0.3, -0.25) is 19.2 Å². The van der Waals surface area contributed by atoms with Gasteiger partial charge in [-0.2, -0.15) is 0 Å². The van der Waals surface area contributed by atoms with E-state index in [-0.39, 0.29) is 247 Å². The van der Waals surface area contributed by atoms with Crippen molar-refractivity contribution in [2.45, 2.75) is 125 Å². The van der Waals surface area contributed by atoms with Crippen LogP contribution in [0, 0.1) is 69.2 Å². The third-order valence-corrected chi connectivity index (χ3v) is 7.80. The molecule has 0 spiro atoms. The summed E-state index contributed by atoms with van der Waals surface area (Å²) in [6.07, 6.45) is 5.02. The molecule has 0 aromatic heterocycles. The minimum atomic E-state index is -0.0394. The van der Waals surface area contributed by atoms with Crippen LogP contribution in [-0.2, 0) is 188 Å². The molecular weight excluding hydrogens is 1680 g/mol. The van der Waals surface area contributed by atoms with Crippen molar-refractivity contribution in [3.8, 4) is 0 Å². The monoisotopic (exact) mass is 1770 g/mol. The first-order valence-corrected chi connectivity index (χ1v) is 32.9. The van der Waals surface area contributed by atoms with Gasteiger partial charge in [0, 0.05) is 191 Å². The Balaban J connectivity index is -0.0000000436.